The van der Waals surface area contributed by atoms with Gasteiger partial charge in [-0.3, -0.25) is 9.59 Å². The Hall–Kier alpha value is -4.27. The summed E-state index contributed by atoms with van der Waals surface area (Å²) < 4.78 is 15.7. The fourth-order valence-corrected chi connectivity index (χ4v) is 4.30. The highest BCUT2D eigenvalue weighted by Crippen LogP contribution is 2.31. The highest BCUT2D eigenvalue weighted by Gasteiger charge is 2.30. The van der Waals surface area contributed by atoms with E-state index in [0.717, 1.165) is 22.6 Å². The Morgan fingerprint density at radius 3 is 1.76 bits per heavy atom. The lowest BCUT2D eigenvalue weighted by molar-refractivity contribution is -0.124. The van der Waals surface area contributed by atoms with Crippen LogP contribution in [0.5, 0.6) is 23.0 Å². The number of rotatable bonds is 11. The number of hydrogen-bond acceptors (Lipinski definition) is 7. The molecule has 0 aliphatic rings. The molecule has 3 rings (SSSR count). The number of nitrogens with zero attached hydrogens (tertiary/aromatic N) is 1. The number of aromatic hydroxyl groups is 1. The minimum Gasteiger partial charge on any atom is -0.503 e. The van der Waals surface area contributed by atoms with Crippen molar-refractivity contribution in [1.29, 1.82) is 0 Å². The minimum atomic E-state index is -0.871. The molecule has 3 N–H and O–H groups in total. The number of carbonyl (C=O) groups is 2. The molecular formula is C29H35N3O6. The molecule has 3 aromatic rings. The van der Waals surface area contributed by atoms with Gasteiger partial charge >= 0.3 is 0 Å². The molecule has 38 heavy (non-hydrogen) atoms. The van der Waals surface area contributed by atoms with Crippen LogP contribution in [0.15, 0.2) is 60.8 Å². The van der Waals surface area contributed by atoms with Gasteiger partial charge in [0, 0.05) is 24.2 Å². The molecule has 2 atom stereocenters. The van der Waals surface area contributed by atoms with Crippen LogP contribution in [-0.4, -0.2) is 55.3 Å². The summed E-state index contributed by atoms with van der Waals surface area (Å²) in [6.45, 7) is 5.59. The maximum atomic E-state index is 13.5. The van der Waals surface area contributed by atoms with Gasteiger partial charge in [0.05, 0.1) is 21.3 Å². The normalized spacial score (nSPS) is 12.5. The Labute approximate surface area is 223 Å². The molecule has 0 bridgehead atoms. The lowest BCUT2D eigenvalue weighted by Crippen LogP contribution is -2.52. The van der Waals surface area contributed by atoms with Gasteiger partial charge < -0.3 is 30.0 Å². The standard InChI is InChI=1S/C29H35N3O6/c1-17(2)25(32-29(35)26-27(33)23(38-6)15-16-30-26)28(34)31-18(3)24(19-7-11-21(36-4)12-8-19)20-9-13-22(37-5)14-10-20/h7-18,24-25,33H,1-6H3,(H,31,34)(H,32,35)/t18-,25-/m0/s1. The van der Waals surface area contributed by atoms with E-state index >= 15 is 0 Å². The number of hydrogen-bond donors (Lipinski definition) is 3. The summed E-state index contributed by atoms with van der Waals surface area (Å²) in [6, 6.07) is 15.6. The first kappa shape index (κ1) is 28.3. The van der Waals surface area contributed by atoms with Crippen LogP contribution in [0.4, 0.5) is 0 Å². The number of benzene rings is 2. The van der Waals surface area contributed by atoms with Crippen LogP contribution in [0.1, 0.15) is 48.3 Å². The molecule has 9 nitrogen and oxygen atoms in total. The summed E-state index contributed by atoms with van der Waals surface area (Å²) in [5.74, 6) is -0.261. The van der Waals surface area contributed by atoms with Crippen molar-refractivity contribution in [2.45, 2.75) is 38.8 Å². The van der Waals surface area contributed by atoms with Gasteiger partial charge in [-0.25, -0.2) is 4.98 Å². The Kier molecular flexibility index (Phi) is 9.54. The van der Waals surface area contributed by atoms with E-state index in [1.807, 2.05) is 69.3 Å². The maximum Gasteiger partial charge on any atom is 0.274 e. The molecular weight excluding hydrogens is 486 g/mol. The molecule has 1 aromatic heterocycles. The first-order valence-electron chi connectivity index (χ1n) is 12.3. The molecule has 0 saturated carbocycles. The highest BCUT2D eigenvalue weighted by atomic mass is 16.5. The molecule has 2 amide bonds. The number of carbonyl (C=O) groups excluding carboxylic acids is 2. The quantitative estimate of drug-likeness (QED) is 0.350. The van der Waals surface area contributed by atoms with Crippen molar-refractivity contribution >= 4 is 11.8 Å². The zero-order valence-electron chi connectivity index (χ0n) is 22.5. The number of nitrogens with one attached hydrogen (secondary N) is 2. The van der Waals surface area contributed by atoms with Crippen LogP contribution >= 0.6 is 0 Å². The van der Waals surface area contributed by atoms with Crippen molar-refractivity contribution in [3.63, 3.8) is 0 Å². The Bertz CT molecular complexity index is 1180. The van der Waals surface area contributed by atoms with Crippen molar-refractivity contribution in [2.24, 2.45) is 5.92 Å². The van der Waals surface area contributed by atoms with Crippen molar-refractivity contribution in [2.75, 3.05) is 21.3 Å². The third-order valence-corrected chi connectivity index (χ3v) is 6.38. The zero-order chi connectivity index (χ0) is 27.8. The molecule has 1 heterocycles. The molecule has 0 spiro atoms. The monoisotopic (exact) mass is 521 g/mol. The molecule has 0 radical (unpaired) electrons. The first-order valence-corrected chi connectivity index (χ1v) is 12.3. The van der Waals surface area contributed by atoms with Gasteiger partial charge in [-0.05, 0) is 48.2 Å². The fraction of sp³-hybridized carbons (Fsp3) is 0.345. The SMILES string of the molecule is COc1ccc(C(c2ccc(OC)cc2)[C@H](C)NC(=O)[C@@H](NC(=O)c2nccc(OC)c2O)C(C)C)cc1. The first-order chi connectivity index (χ1) is 18.2. The van der Waals surface area contributed by atoms with E-state index < -0.39 is 11.9 Å². The van der Waals surface area contributed by atoms with Gasteiger partial charge in [0.15, 0.2) is 17.2 Å². The van der Waals surface area contributed by atoms with Crippen LogP contribution in [0.25, 0.3) is 0 Å². The third-order valence-electron chi connectivity index (χ3n) is 6.38. The smallest absolute Gasteiger partial charge is 0.274 e. The van der Waals surface area contributed by atoms with E-state index in [2.05, 4.69) is 15.6 Å². The number of pyridine rings is 1. The number of ether oxygens (including phenoxy) is 3. The molecule has 0 unspecified atom stereocenters. The van der Waals surface area contributed by atoms with Crippen molar-refractivity contribution < 1.29 is 28.9 Å². The molecule has 0 fully saturated rings. The molecule has 9 heteroatoms. The van der Waals surface area contributed by atoms with E-state index in [4.69, 9.17) is 14.2 Å². The third kappa shape index (κ3) is 6.53. The van der Waals surface area contributed by atoms with Crippen molar-refractivity contribution in [1.82, 2.24) is 15.6 Å². The van der Waals surface area contributed by atoms with Gasteiger partial charge in [0.2, 0.25) is 5.91 Å². The number of amides is 2. The van der Waals surface area contributed by atoms with E-state index in [1.54, 1.807) is 14.2 Å². The van der Waals surface area contributed by atoms with E-state index in [0.29, 0.717) is 0 Å². The summed E-state index contributed by atoms with van der Waals surface area (Å²) in [5, 5.41) is 16.1. The molecule has 202 valence electrons. The molecule has 0 aliphatic heterocycles. The summed E-state index contributed by atoms with van der Waals surface area (Å²) in [5.41, 5.74) is 1.75. The second kappa shape index (κ2) is 12.8. The summed E-state index contributed by atoms with van der Waals surface area (Å²) >= 11 is 0. The Morgan fingerprint density at radius 1 is 0.789 bits per heavy atom. The zero-order valence-corrected chi connectivity index (χ0v) is 22.5. The second-order valence-corrected chi connectivity index (χ2v) is 9.23. The van der Waals surface area contributed by atoms with Crippen LogP contribution in [0.2, 0.25) is 0 Å². The van der Waals surface area contributed by atoms with Gasteiger partial charge in [0.1, 0.15) is 17.5 Å². The highest BCUT2D eigenvalue weighted by molar-refractivity contribution is 5.98. The number of aromatic nitrogens is 1. The van der Waals surface area contributed by atoms with Gasteiger partial charge in [-0.2, -0.15) is 0 Å². The van der Waals surface area contributed by atoms with Crippen molar-refractivity contribution in [3.05, 3.63) is 77.6 Å². The van der Waals surface area contributed by atoms with Crippen molar-refractivity contribution in [3.8, 4) is 23.0 Å². The summed E-state index contributed by atoms with van der Waals surface area (Å²) in [6.07, 6.45) is 1.36. The predicted octanol–water partition coefficient (Wildman–Crippen LogP) is 3.90. The average Bonchev–Trinajstić information content (AvgIpc) is 2.92. The minimum absolute atomic E-state index is 0.117. The summed E-state index contributed by atoms with van der Waals surface area (Å²) in [4.78, 5) is 30.4. The van der Waals surface area contributed by atoms with E-state index in [1.165, 1.54) is 19.4 Å². The Morgan fingerprint density at radius 2 is 1.32 bits per heavy atom. The van der Waals surface area contributed by atoms with Gasteiger partial charge in [0.25, 0.3) is 5.91 Å². The van der Waals surface area contributed by atoms with Crippen LogP contribution in [0.3, 0.4) is 0 Å². The van der Waals surface area contributed by atoms with Crippen LogP contribution < -0.4 is 24.8 Å². The van der Waals surface area contributed by atoms with E-state index in [-0.39, 0.29) is 41.0 Å². The lowest BCUT2D eigenvalue weighted by atomic mass is 9.85. The fourth-order valence-electron chi connectivity index (χ4n) is 4.30. The molecule has 2 aromatic carbocycles. The predicted molar refractivity (Wildman–Crippen MR) is 144 cm³/mol. The molecule has 0 saturated heterocycles. The number of methoxy groups -OCH3 is 3. The largest absolute Gasteiger partial charge is 0.503 e. The maximum absolute atomic E-state index is 13.5. The van der Waals surface area contributed by atoms with Crippen LogP contribution in [0, 0.1) is 5.92 Å². The van der Waals surface area contributed by atoms with Crippen LogP contribution in [-0.2, 0) is 4.79 Å². The second-order valence-electron chi connectivity index (χ2n) is 9.23. The van der Waals surface area contributed by atoms with Gasteiger partial charge in [-0.1, -0.05) is 38.1 Å². The Balaban J connectivity index is 1.85. The van der Waals surface area contributed by atoms with E-state index in [9.17, 15) is 14.7 Å². The van der Waals surface area contributed by atoms with Gasteiger partial charge in [-0.15, -0.1) is 0 Å². The topological polar surface area (TPSA) is 119 Å². The lowest BCUT2D eigenvalue weighted by Gasteiger charge is -2.29. The average molecular weight is 522 g/mol. The molecule has 0 aliphatic carbocycles. The summed E-state index contributed by atoms with van der Waals surface area (Å²) in [7, 11) is 4.60.